The quantitative estimate of drug-likeness (QED) is 0.889. The van der Waals surface area contributed by atoms with Crippen LogP contribution in [0.4, 0.5) is 0 Å². The molecule has 1 aromatic carbocycles. The molecule has 1 heterocycles. The summed E-state index contributed by atoms with van der Waals surface area (Å²) in [6.07, 6.45) is 0.0341. The molecule has 20 heavy (non-hydrogen) atoms. The van der Waals surface area contributed by atoms with Crippen LogP contribution in [0, 0.1) is 11.3 Å². The highest BCUT2D eigenvalue weighted by atomic mass is 16.5. The van der Waals surface area contributed by atoms with Crippen LogP contribution in [0.3, 0.4) is 0 Å². The third kappa shape index (κ3) is 3.80. The van der Waals surface area contributed by atoms with Crippen molar-refractivity contribution in [1.82, 2.24) is 10.2 Å². The van der Waals surface area contributed by atoms with Gasteiger partial charge >= 0.3 is 0 Å². The van der Waals surface area contributed by atoms with E-state index in [4.69, 9.17) is 10.00 Å². The van der Waals surface area contributed by atoms with E-state index in [1.165, 1.54) is 0 Å². The van der Waals surface area contributed by atoms with Gasteiger partial charge in [0.15, 0.2) is 0 Å². The van der Waals surface area contributed by atoms with Gasteiger partial charge in [-0.15, -0.1) is 0 Å². The lowest BCUT2D eigenvalue weighted by molar-refractivity contribution is -0.0246. The Morgan fingerprint density at radius 2 is 2.45 bits per heavy atom. The van der Waals surface area contributed by atoms with Crippen molar-refractivity contribution in [1.29, 1.82) is 5.26 Å². The van der Waals surface area contributed by atoms with Gasteiger partial charge in [0, 0.05) is 25.2 Å². The molecule has 0 saturated carbocycles. The maximum atomic E-state index is 12.0. The lowest BCUT2D eigenvalue weighted by Crippen LogP contribution is -2.47. The molecule has 1 aromatic rings. The highest BCUT2D eigenvalue weighted by molar-refractivity contribution is 5.94. The van der Waals surface area contributed by atoms with Crippen molar-refractivity contribution in [2.24, 2.45) is 0 Å². The van der Waals surface area contributed by atoms with E-state index in [2.05, 4.69) is 17.1 Å². The Bertz CT molecular complexity index is 510. The van der Waals surface area contributed by atoms with E-state index in [1.54, 1.807) is 24.3 Å². The number of carbonyl (C=O) groups is 1. The van der Waals surface area contributed by atoms with Gasteiger partial charge in [0.25, 0.3) is 5.91 Å². The van der Waals surface area contributed by atoms with Gasteiger partial charge in [0.05, 0.1) is 24.3 Å². The number of likely N-dealkylation sites (N-methyl/N-ethyl adjacent to an activating group) is 1. The minimum absolute atomic E-state index is 0.0341. The predicted octanol–water partition coefficient (Wildman–Crippen LogP) is 1.01. The predicted molar refractivity (Wildman–Crippen MR) is 75.3 cm³/mol. The zero-order chi connectivity index (χ0) is 14.4. The molecule has 0 aliphatic carbocycles. The fourth-order valence-electron chi connectivity index (χ4n) is 2.23. The number of rotatable bonds is 4. The molecule has 0 radical (unpaired) electrons. The lowest BCUT2D eigenvalue weighted by atomic mass is 10.1. The van der Waals surface area contributed by atoms with E-state index in [-0.39, 0.29) is 12.0 Å². The minimum atomic E-state index is -0.167. The fourth-order valence-corrected chi connectivity index (χ4v) is 2.23. The fraction of sp³-hybridized carbons (Fsp3) is 0.467. The van der Waals surface area contributed by atoms with Crippen molar-refractivity contribution in [3.63, 3.8) is 0 Å². The molecule has 0 spiro atoms. The molecule has 1 unspecified atom stereocenters. The minimum Gasteiger partial charge on any atom is -0.374 e. The number of hydrogen-bond donors (Lipinski definition) is 1. The second-order valence-electron chi connectivity index (χ2n) is 4.79. The van der Waals surface area contributed by atoms with Crippen LogP contribution in [0.25, 0.3) is 0 Å². The van der Waals surface area contributed by atoms with Gasteiger partial charge < -0.3 is 10.1 Å². The van der Waals surface area contributed by atoms with Crippen molar-refractivity contribution < 1.29 is 9.53 Å². The Hall–Kier alpha value is -1.90. The molecule has 1 amide bonds. The Labute approximate surface area is 119 Å². The molecular formula is C15H19N3O2. The molecule has 5 nitrogen and oxygen atoms in total. The van der Waals surface area contributed by atoms with Crippen LogP contribution in [0.5, 0.6) is 0 Å². The summed E-state index contributed by atoms with van der Waals surface area (Å²) in [6.45, 7) is 6.11. The summed E-state index contributed by atoms with van der Waals surface area (Å²) in [5.74, 6) is -0.167. The number of hydrogen-bond acceptors (Lipinski definition) is 4. The number of nitrogens with one attached hydrogen (secondary N) is 1. The molecule has 0 bridgehead atoms. The smallest absolute Gasteiger partial charge is 0.251 e. The normalized spacial score (nSPS) is 19.3. The van der Waals surface area contributed by atoms with Crippen molar-refractivity contribution >= 4 is 5.91 Å². The monoisotopic (exact) mass is 273 g/mol. The molecule has 0 aromatic heterocycles. The van der Waals surface area contributed by atoms with Crippen LogP contribution in [0.15, 0.2) is 24.3 Å². The van der Waals surface area contributed by atoms with Gasteiger partial charge in [0.2, 0.25) is 0 Å². The maximum Gasteiger partial charge on any atom is 0.251 e. The first kappa shape index (κ1) is 14.5. The van der Waals surface area contributed by atoms with E-state index in [1.807, 2.05) is 6.07 Å². The second kappa shape index (κ2) is 7.04. The van der Waals surface area contributed by atoms with Crippen LogP contribution in [0.2, 0.25) is 0 Å². The first-order valence-corrected chi connectivity index (χ1v) is 6.85. The Morgan fingerprint density at radius 1 is 1.60 bits per heavy atom. The van der Waals surface area contributed by atoms with Crippen molar-refractivity contribution in [2.75, 3.05) is 32.8 Å². The van der Waals surface area contributed by atoms with Crippen LogP contribution in [0.1, 0.15) is 22.8 Å². The highest BCUT2D eigenvalue weighted by Gasteiger charge is 2.19. The number of nitrogens with zero attached hydrogens (tertiary/aromatic N) is 2. The van der Waals surface area contributed by atoms with E-state index in [0.29, 0.717) is 24.3 Å². The molecular weight excluding hydrogens is 254 g/mol. The highest BCUT2D eigenvalue weighted by Crippen LogP contribution is 2.06. The molecule has 1 aliphatic heterocycles. The van der Waals surface area contributed by atoms with Gasteiger partial charge in [-0.25, -0.2) is 0 Å². The molecule has 5 heteroatoms. The van der Waals surface area contributed by atoms with Crippen molar-refractivity contribution in [2.45, 2.75) is 13.0 Å². The average Bonchev–Trinajstić information content (AvgIpc) is 2.52. The molecule has 1 saturated heterocycles. The summed E-state index contributed by atoms with van der Waals surface area (Å²) >= 11 is 0. The molecule has 1 fully saturated rings. The third-order valence-corrected chi connectivity index (χ3v) is 3.41. The lowest BCUT2D eigenvalue weighted by Gasteiger charge is -2.32. The van der Waals surface area contributed by atoms with E-state index in [0.717, 1.165) is 19.6 Å². The van der Waals surface area contributed by atoms with Crippen LogP contribution in [-0.2, 0) is 4.74 Å². The summed E-state index contributed by atoms with van der Waals surface area (Å²) in [7, 11) is 0. The molecule has 2 rings (SSSR count). The molecule has 1 atom stereocenters. The van der Waals surface area contributed by atoms with Crippen LogP contribution < -0.4 is 5.32 Å². The summed E-state index contributed by atoms with van der Waals surface area (Å²) in [4.78, 5) is 14.3. The SMILES string of the molecule is CCN1CCOC(CNC(=O)c2cccc(C#N)c2)C1. The van der Waals surface area contributed by atoms with Crippen molar-refractivity contribution in [3.05, 3.63) is 35.4 Å². The average molecular weight is 273 g/mol. The third-order valence-electron chi connectivity index (χ3n) is 3.41. The molecule has 1 aliphatic rings. The number of benzene rings is 1. The Balaban J connectivity index is 1.87. The van der Waals surface area contributed by atoms with E-state index >= 15 is 0 Å². The standard InChI is InChI=1S/C15H19N3O2/c1-2-18-6-7-20-14(11-18)10-17-15(19)13-5-3-4-12(8-13)9-16/h3-5,8,14H,2,6-7,10-11H2,1H3,(H,17,19). The van der Waals surface area contributed by atoms with Gasteiger partial charge in [-0.1, -0.05) is 13.0 Å². The largest absolute Gasteiger partial charge is 0.374 e. The summed E-state index contributed by atoms with van der Waals surface area (Å²) < 4.78 is 5.63. The zero-order valence-corrected chi connectivity index (χ0v) is 11.6. The number of nitriles is 1. The van der Waals surface area contributed by atoms with Crippen LogP contribution >= 0.6 is 0 Å². The first-order chi connectivity index (χ1) is 9.72. The summed E-state index contributed by atoms with van der Waals surface area (Å²) in [6, 6.07) is 8.72. The first-order valence-electron chi connectivity index (χ1n) is 6.85. The molecule has 1 N–H and O–H groups in total. The van der Waals surface area contributed by atoms with Crippen molar-refractivity contribution in [3.8, 4) is 6.07 Å². The maximum absolute atomic E-state index is 12.0. The van der Waals surface area contributed by atoms with E-state index < -0.39 is 0 Å². The second-order valence-corrected chi connectivity index (χ2v) is 4.79. The zero-order valence-electron chi connectivity index (χ0n) is 11.6. The number of amides is 1. The topological polar surface area (TPSA) is 65.4 Å². The summed E-state index contributed by atoms with van der Waals surface area (Å²) in [5, 5.41) is 11.7. The summed E-state index contributed by atoms with van der Waals surface area (Å²) in [5.41, 5.74) is 0.996. The van der Waals surface area contributed by atoms with Gasteiger partial charge in [-0.3, -0.25) is 9.69 Å². The van der Waals surface area contributed by atoms with Gasteiger partial charge in [-0.05, 0) is 24.7 Å². The van der Waals surface area contributed by atoms with E-state index in [9.17, 15) is 4.79 Å². The number of carbonyl (C=O) groups excluding carboxylic acids is 1. The number of morpholine rings is 1. The van der Waals surface area contributed by atoms with Gasteiger partial charge in [0.1, 0.15) is 0 Å². The number of ether oxygens (including phenoxy) is 1. The Morgan fingerprint density at radius 3 is 3.20 bits per heavy atom. The van der Waals surface area contributed by atoms with Gasteiger partial charge in [-0.2, -0.15) is 5.26 Å². The van der Waals surface area contributed by atoms with Crippen LogP contribution in [-0.4, -0.2) is 49.7 Å². The Kier molecular flexibility index (Phi) is 5.10. The molecule has 106 valence electrons.